The molecule has 106 valence electrons. The molecule has 2 rings (SSSR count). The number of benzene rings is 1. The van der Waals surface area contributed by atoms with Crippen molar-refractivity contribution < 1.29 is 14.3 Å². The monoisotopic (exact) mass is 291 g/mol. The Morgan fingerprint density at radius 2 is 2.10 bits per heavy atom. The highest BCUT2D eigenvalue weighted by atomic mass is 32.2. The fourth-order valence-corrected chi connectivity index (χ4v) is 2.57. The fourth-order valence-electron chi connectivity index (χ4n) is 1.98. The van der Waals surface area contributed by atoms with Gasteiger partial charge in [-0.25, -0.2) is 9.78 Å². The minimum Gasteiger partial charge on any atom is -0.475 e. The van der Waals surface area contributed by atoms with Crippen LogP contribution in [0.15, 0.2) is 33.6 Å². The summed E-state index contributed by atoms with van der Waals surface area (Å²) >= 11 is 1.58. The normalized spacial score (nSPS) is 11.0. The van der Waals surface area contributed by atoms with Gasteiger partial charge in [0.25, 0.3) is 0 Å². The molecule has 0 aliphatic heterocycles. The second-order valence-electron chi connectivity index (χ2n) is 4.90. The predicted octanol–water partition coefficient (Wildman–Crippen LogP) is 3.96. The van der Waals surface area contributed by atoms with Gasteiger partial charge >= 0.3 is 5.97 Å². The number of oxazole rings is 1. The second-order valence-corrected chi connectivity index (χ2v) is 5.75. The number of thioether (sulfide) groups is 1. The van der Waals surface area contributed by atoms with Crippen LogP contribution in [0.3, 0.4) is 0 Å². The maximum atomic E-state index is 11.3. The number of aromatic carboxylic acids is 1. The van der Waals surface area contributed by atoms with Gasteiger partial charge in [0.2, 0.25) is 11.7 Å². The van der Waals surface area contributed by atoms with Crippen molar-refractivity contribution in [2.75, 3.05) is 6.26 Å². The third-order valence-electron chi connectivity index (χ3n) is 2.83. The molecule has 0 amide bonds. The maximum absolute atomic E-state index is 11.3. The van der Waals surface area contributed by atoms with E-state index < -0.39 is 5.97 Å². The van der Waals surface area contributed by atoms with Crippen LogP contribution in [0.25, 0.3) is 11.5 Å². The Bertz CT molecular complexity index is 619. The SMILES string of the molecule is CSc1ccccc1-c1nc(CC(C)C)c(C(=O)O)o1. The quantitative estimate of drug-likeness (QED) is 0.845. The van der Waals surface area contributed by atoms with Crippen molar-refractivity contribution in [3.63, 3.8) is 0 Å². The molecule has 2 aromatic rings. The summed E-state index contributed by atoms with van der Waals surface area (Å²) < 4.78 is 5.48. The van der Waals surface area contributed by atoms with E-state index in [1.165, 1.54) is 0 Å². The molecule has 0 fully saturated rings. The van der Waals surface area contributed by atoms with Crippen LogP contribution in [0.2, 0.25) is 0 Å². The molecule has 1 aromatic heterocycles. The summed E-state index contributed by atoms with van der Waals surface area (Å²) in [5.41, 5.74) is 1.34. The van der Waals surface area contributed by atoms with Crippen LogP contribution in [0.1, 0.15) is 30.1 Å². The van der Waals surface area contributed by atoms with Crippen LogP contribution >= 0.6 is 11.8 Å². The van der Waals surface area contributed by atoms with Gasteiger partial charge in [-0.1, -0.05) is 26.0 Å². The van der Waals surface area contributed by atoms with Crippen LogP contribution in [0.5, 0.6) is 0 Å². The average molecular weight is 291 g/mol. The van der Waals surface area contributed by atoms with E-state index in [0.29, 0.717) is 23.9 Å². The van der Waals surface area contributed by atoms with Crippen molar-refractivity contribution in [2.24, 2.45) is 5.92 Å². The lowest BCUT2D eigenvalue weighted by Crippen LogP contribution is -2.03. The number of hydrogen-bond donors (Lipinski definition) is 1. The summed E-state index contributed by atoms with van der Waals surface area (Å²) in [5, 5.41) is 9.23. The molecule has 0 saturated heterocycles. The zero-order chi connectivity index (χ0) is 14.7. The standard InChI is InChI=1S/C15H17NO3S/c1-9(2)8-11-13(15(17)18)19-14(16-11)10-6-4-5-7-12(10)20-3/h4-7,9H,8H2,1-3H3,(H,17,18). The second kappa shape index (κ2) is 6.13. The molecule has 0 saturated carbocycles. The summed E-state index contributed by atoms with van der Waals surface area (Å²) in [6, 6.07) is 7.68. The van der Waals surface area contributed by atoms with Gasteiger partial charge in [-0.3, -0.25) is 0 Å². The zero-order valence-electron chi connectivity index (χ0n) is 11.7. The Kier molecular flexibility index (Phi) is 4.49. The lowest BCUT2D eigenvalue weighted by molar-refractivity contribution is 0.0661. The minimum atomic E-state index is -1.07. The van der Waals surface area contributed by atoms with E-state index in [9.17, 15) is 9.90 Å². The Morgan fingerprint density at radius 1 is 1.40 bits per heavy atom. The molecule has 0 atom stereocenters. The third-order valence-corrected chi connectivity index (χ3v) is 3.63. The number of aromatic nitrogens is 1. The summed E-state index contributed by atoms with van der Waals surface area (Å²) in [4.78, 5) is 16.7. The Balaban J connectivity index is 2.50. The molecule has 0 bridgehead atoms. The highest BCUT2D eigenvalue weighted by molar-refractivity contribution is 7.98. The smallest absolute Gasteiger partial charge is 0.373 e. The van der Waals surface area contributed by atoms with Gasteiger partial charge in [-0.2, -0.15) is 0 Å². The Labute approximate surface area is 122 Å². The first kappa shape index (κ1) is 14.7. The molecule has 1 N–H and O–H groups in total. The van der Waals surface area contributed by atoms with E-state index in [2.05, 4.69) is 4.98 Å². The van der Waals surface area contributed by atoms with Crippen molar-refractivity contribution >= 4 is 17.7 Å². The maximum Gasteiger partial charge on any atom is 0.373 e. The van der Waals surface area contributed by atoms with Gasteiger partial charge in [0.1, 0.15) is 0 Å². The molecular weight excluding hydrogens is 274 g/mol. The molecule has 4 nitrogen and oxygen atoms in total. The van der Waals surface area contributed by atoms with Crippen LogP contribution in [0, 0.1) is 5.92 Å². The number of carboxylic acid groups (broad SMARTS) is 1. The van der Waals surface area contributed by atoms with Crippen molar-refractivity contribution in [3.05, 3.63) is 35.7 Å². The van der Waals surface area contributed by atoms with Gasteiger partial charge in [0.05, 0.1) is 11.3 Å². The van der Waals surface area contributed by atoms with Crippen molar-refractivity contribution in [1.82, 2.24) is 4.98 Å². The molecule has 0 spiro atoms. The minimum absolute atomic E-state index is 0.0513. The topological polar surface area (TPSA) is 63.3 Å². The molecule has 5 heteroatoms. The van der Waals surface area contributed by atoms with Gasteiger partial charge in [-0.15, -0.1) is 11.8 Å². The van der Waals surface area contributed by atoms with E-state index >= 15 is 0 Å². The van der Waals surface area contributed by atoms with E-state index in [4.69, 9.17) is 4.42 Å². The molecule has 0 unspecified atom stereocenters. The number of carbonyl (C=O) groups is 1. The van der Waals surface area contributed by atoms with Gasteiger partial charge < -0.3 is 9.52 Å². The average Bonchev–Trinajstić information content (AvgIpc) is 2.81. The van der Waals surface area contributed by atoms with Gasteiger partial charge in [0, 0.05) is 4.90 Å². The lowest BCUT2D eigenvalue weighted by Gasteiger charge is -2.02. The largest absolute Gasteiger partial charge is 0.475 e. The van der Waals surface area contributed by atoms with Gasteiger partial charge in [0.15, 0.2) is 0 Å². The Hall–Kier alpha value is -1.75. The zero-order valence-corrected chi connectivity index (χ0v) is 12.5. The van der Waals surface area contributed by atoms with E-state index in [0.717, 1.165) is 10.5 Å². The lowest BCUT2D eigenvalue weighted by atomic mass is 10.1. The van der Waals surface area contributed by atoms with E-state index in [1.54, 1.807) is 11.8 Å². The number of hydrogen-bond acceptors (Lipinski definition) is 4. The summed E-state index contributed by atoms with van der Waals surface area (Å²) in [5.74, 6) is -0.421. The van der Waals surface area contributed by atoms with Crippen molar-refractivity contribution in [1.29, 1.82) is 0 Å². The van der Waals surface area contributed by atoms with Crippen LogP contribution < -0.4 is 0 Å². The molecule has 20 heavy (non-hydrogen) atoms. The van der Waals surface area contributed by atoms with Crippen LogP contribution in [0.4, 0.5) is 0 Å². The molecular formula is C15H17NO3S. The van der Waals surface area contributed by atoms with Crippen molar-refractivity contribution in [2.45, 2.75) is 25.2 Å². The molecule has 0 radical (unpaired) electrons. The summed E-state index contributed by atoms with van der Waals surface area (Å²) in [7, 11) is 0. The molecule has 0 aliphatic rings. The highest BCUT2D eigenvalue weighted by Gasteiger charge is 2.21. The first-order chi connectivity index (χ1) is 9.52. The number of carboxylic acids is 1. The first-order valence-electron chi connectivity index (χ1n) is 6.39. The van der Waals surface area contributed by atoms with Crippen LogP contribution in [-0.2, 0) is 6.42 Å². The third kappa shape index (κ3) is 3.04. The van der Waals surface area contributed by atoms with Gasteiger partial charge in [-0.05, 0) is 30.7 Å². The predicted molar refractivity (Wildman–Crippen MR) is 79.2 cm³/mol. The fraction of sp³-hybridized carbons (Fsp3) is 0.333. The summed E-state index contributed by atoms with van der Waals surface area (Å²) in [6.07, 6.45) is 2.56. The molecule has 1 aromatic carbocycles. The number of nitrogens with zero attached hydrogens (tertiary/aromatic N) is 1. The first-order valence-corrected chi connectivity index (χ1v) is 7.61. The Morgan fingerprint density at radius 3 is 2.70 bits per heavy atom. The molecule has 1 heterocycles. The highest BCUT2D eigenvalue weighted by Crippen LogP contribution is 2.31. The van der Waals surface area contributed by atoms with E-state index in [1.807, 2.05) is 44.4 Å². The van der Waals surface area contributed by atoms with Crippen LogP contribution in [-0.4, -0.2) is 22.3 Å². The van der Waals surface area contributed by atoms with Crippen molar-refractivity contribution in [3.8, 4) is 11.5 Å². The number of rotatable bonds is 5. The molecule has 0 aliphatic carbocycles. The van der Waals surface area contributed by atoms with E-state index in [-0.39, 0.29) is 5.76 Å². The summed E-state index contributed by atoms with van der Waals surface area (Å²) in [6.45, 7) is 4.05.